The SMILES string of the molecule is C=C(C)CCC=C(C)CCC=C(CCC=C(C)CO)C(=O)O. The second-order valence-electron chi connectivity index (χ2n) is 5.87. The van der Waals surface area contributed by atoms with Gasteiger partial charge in [-0.3, -0.25) is 0 Å². The van der Waals surface area contributed by atoms with Crippen molar-refractivity contribution in [1.82, 2.24) is 0 Å². The molecule has 124 valence electrons. The summed E-state index contributed by atoms with van der Waals surface area (Å²) in [6, 6.07) is 0. The zero-order valence-corrected chi connectivity index (χ0v) is 14.2. The predicted octanol–water partition coefficient (Wildman–Crippen LogP) is 4.80. The van der Waals surface area contributed by atoms with E-state index in [1.165, 1.54) is 11.1 Å². The Morgan fingerprint density at radius 2 is 1.45 bits per heavy atom. The maximum Gasteiger partial charge on any atom is 0.331 e. The van der Waals surface area contributed by atoms with Crippen LogP contribution in [-0.4, -0.2) is 22.8 Å². The first-order chi connectivity index (χ1) is 10.4. The number of rotatable bonds is 11. The van der Waals surface area contributed by atoms with Gasteiger partial charge in [0, 0.05) is 5.57 Å². The smallest absolute Gasteiger partial charge is 0.331 e. The van der Waals surface area contributed by atoms with E-state index in [4.69, 9.17) is 5.11 Å². The Labute approximate surface area is 134 Å². The quantitative estimate of drug-likeness (QED) is 0.426. The first kappa shape index (κ1) is 20.4. The van der Waals surface area contributed by atoms with Crippen LogP contribution >= 0.6 is 0 Å². The highest BCUT2D eigenvalue weighted by Crippen LogP contribution is 2.13. The number of aliphatic carboxylic acids is 1. The Morgan fingerprint density at radius 3 is 2.00 bits per heavy atom. The molecule has 0 aromatic carbocycles. The van der Waals surface area contributed by atoms with Crippen molar-refractivity contribution in [2.24, 2.45) is 0 Å². The highest BCUT2D eigenvalue weighted by Gasteiger charge is 2.05. The molecule has 0 rings (SSSR count). The fraction of sp³-hybridized carbons (Fsp3) is 0.526. The van der Waals surface area contributed by atoms with Crippen molar-refractivity contribution in [2.75, 3.05) is 6.61 Å². The number of aliphatic hydroxyl groups is 1. The van der Waals surface area contributed by atoms with Crippen LogP contribution in [0, 0.1) is 0 Å². The van der Waals surface area contributed by atoms with Gasteiger partial charge in [-0.25, -0.2) is 4.79 Å². The zero-order chi connectivity index (χ0) is 17.0. The topological polar surface area (TPSA) is 57.5 Å². The van der Waals surface area contributed by atoms with Crippen LogP contribution in [0.3, 0.4) is 0 Å². The minimum absolute atomic E-state index is 0.0281. The number of carboxylic acids is 1. The van der Waals surface area contributed by atoms with Crippen molar-refractivity contribution < 1.29 is 15.0 Å². The third-order valence-electron chi connectivity index (χ3n) is 3.42. The molecule has 2 N–H and O–H groups in total. The van der Waals surface area contributed by atoms with E-state index < -0.39 is 5.97 Å². The molecule has 0 atom stereocenters. The predicted molar refractivity (Wildman–Crippen MR) is 92.8 cm³/mol. The molecule has 0 fully saturated rings. The van der Waals surface area contributed by atoms with Gasteiger partial charge >= 0.3 is 5.97 Å². The maximum atomic E-state index is 11.2. The second kappa shape index (κ2) is 12.0. The molecule has 3 nitrogen and oxygen atoms in total. The van der Waals surface area contributed by atoms with Gasteiger partial charge in [-0.05, 0) is 59.3 Å². The van der Waals surface area contributed by atoms with Crippen LogP contribution in [0.15, 0.2) is 47.1 Å². The number of allylic oxidation sites excluding steroid dienone is 5. The third kappa shape index (κ3) is 11.1. The van der Waals surface area contributed by atoms with E-state index in [-0.39, 0.29) is 6.61 Å². The molecule has 0 aliphatic heterocycles. The average molecular weight is 306 g/mol. The summed E-state index contributed by atoms with van der Waals surface area (Å²) in [5.41, 5.74) is 3.80. The van der Waals surface area contributed by atoms with Gasteiger partial charge in [0.05, 0.1) is 6.61 Å². The van der Waals surface area contributed by atoms with Crippen molar-refractivity contribution in [3.05, 3.63) is 47.1 Å². The summed E-state index contributed by atoms with van der Waals surface area (Å²) < 4.78 is 0. The van der Waals surface area contributed by atoms with E-state index in [1.54, 1.807) is 0 Å². The summed E-state index contributed by atoms with van der Waals surface area (Å²) in [4.78, 5) is 11.2. The molecular formula is C19H30O3. The molecule has 0 unspecified atom stereocenters. The van der Waals surface area contributed by atoms with Gasteiger partial charge in [0.25, 0.3) is 0 Å². The van der Waals surface area contributed by atoms with Gasteiger partial charge in [0.15, 0.2) is 0 Å². The molecule has 0 aliphatic rings. The number of aliphatic hydroxyl groups excluding tert-OH is 1. The lowest BCUT2D eigenvalue weighted by Gasteiger charge is -2.03. The molecule has 0 bridgehead atoms. The minimum Gasteiger partial charge on any atom is -0.478 e. The molecule has 0 saturated heterocycles. The fourth-order valence-electron chi connectivity index (χ4n) is 1.98. The molecule has 0 aliphatic carbocycles. The van der Waals surface area contributed by atoms with Crippen LogP contribution in [-0.2, 0) is 4.79 Å². The van der Waals surface area contributed by atoms with Crippen molar-refractivity contribution in [2.45, 2.75) is 59.3 Å². The summed E-state index contributed by atoms with van der Waals surface area (Å²) in [5, 5.41) is 18.1. The van der Waals surface area contributed by atoms with Crippen LogP contribution < -0.4 is 0 Å². The third-order valence-corrected chi connectivity index (χ3v) is 3.42. The van der Waals surface area contributed by atoms with Crippen LogP contribution in [0.2, 0.25) is 0 Å². The Bertz CT molecular complexity index is 453. The molecule has 0 spiro atoms. The number of hydrogen-bond acceptors (Lipinski definition) is 2. The van der Waals surface area contributed by atoms with Gasteiger partial charge in [-0.2, -0.15) is 0 Å². The minimum atomic E-state index is -0.848. The molecule has 0 heterocycles. The van der Waals surface area contributed by atoms with E-state index in [1.807, 2.05) is 26.0 Å². The van der Waals surface area contributed by atoms with E-state index >= 15 is 0 Å². The van der Waals surface area contributed by atoms with Gasteiger partial charge < -0.3 is 10.2 Å². The van der Waals surface area contributed by atoms with Crippen LogP contribution in [0.1, 0.15) is 59.3 Å². The molecule has 0 radical (unpaired) electrons. The Morgan fingerprint density at radius 1 is 0.909 bits per heavy atom. The molecule has 0 aromatic rings. The summed E-state index contributed by atoms with van der Waals surface area (Å²) in [6.07, 6.45) is 10.7. The molecular weight excluding hydrogens is 276 g/mol. The lowest BCUT2D eigenvalue weighted by Crippen LogP contribution is -2.00. The van der Waals surface area contributed by atoms with E-state index in [9.17, 15) is 9.90 Å². The lowest BCUT2D eigenvalue weighted by molar-refractivity contribution is -0.132. The number of carboxylic acid groups (broad SMARTS) is 1. The first-order valence-electron chi connectivity index (χ1n) is 7.85. The second-order valence-corrected chi connectivity index (χ2v) is 5.87. The maximum absolute atomic E-state index is 11.2. The van der Waals surface area contributed by atoms with Crippen molar-refractivity contribution >= 4 is 5.97 Å². The largest absolute Gasteiger partial charge is 0.478 e. The Hall–Kier alpha value is -1.61. The van der Waals surface area contributed by atoms with E-state index in [2.05, 4.69) is 19.6 Å². The molecule has 3 heteroatoms. The molecule has 0 aromatic heterocycles. The van der Waals surface area contributed by atoms with Gasteiger partial charge in [-0.15, -0.1) is 6.58 Å². The highest BCUT2D eigenvalue weighted by atomic mass is 16.4. The molecule has 0 saturated carbocycles. The summed E-state index contributed by atoms with van der Waals surface area (Å²) in [7, 11) is 0. The summed E-state index contributed by atoms with van der Waals surface area (Å²) in [6.45, 7) is 9.85. The zero-order valence-electron chi connectivity index (χ0n) is 14.2. The summed E-state index contributed by atoms with van der Waals surface area (Å²) >= 11 is 0. The molecule has 0 amide bonds. The van der Waals surface area contributed by atoms with Crippen molar-refractivity contribution in [3.63, 3.8) is 0 Å². The van der Waals surface area contributed by atoms with Gasteiger partial charge in [0.2, 0.25) is 0 Å². The summed E-state index contributed by atoms with van der Waals surface area (Å²) in [5.74, 6) is -0.848. The molecule has 22 heavy (non-hydrogen) atoms. The fourth-order valence-corrected chi connectivity index (χ4v) is 1.98. The van der Waals surface area contributed by atoms with Gasteiger partial charge in [0.1, 0.15) is 0 Å². The number of carbonyl (C=O) groups is 1. The van der Waals surface area contributed by atoms with Crippen LogP contribution in [0.4, 0.5) is 0 Å². The lowest BCUT2D eigenvalue weighted by atomic mass is 10.0. The monoisotopic (exact) mass is 306 g/mol. The van der Waals surface area contributed by atoms with E-state index in [0.717, 1.165) is 31.3 Å². The van der Waals surface area contributed by atoms with Crippen LogP contribution in [0.5, 0.6) is 0 Å². The first-order valence-corrected chi connectivity index (χ1v) is 7.85. The van der Waals surface area contributed by atoms with Crippen molar-refractivity contribution in [1.29, 1.82) is 0 Å². The van der Waals surface area contributed by atoms with Crippen molar-refractivity contribution in [3.8, 4) is 0 Å². The highest BCUT2D eigenvalue weighted by molar-refractivity contribution is 5.86. The standard InChI is InChI=1S/C19H30O3/c1-15(2)8-5-9-16(3)10-6-12-18(19(21)22)13-7-11-17(4)14-20/h9,11-12,20H,1,5-8,10,13-14H2,2-4H3,(H,21,22). The average Bonchev–Trinajstić information content (AvgIpc) is 2.44. The normalized spacial score (nSPS) is 13.4. The Kier molecular flexibility index (Phi) is 11.1. The van der Waals surface area contributed by atoms with Crippen LogP contribution in [0.25, 0.3) is 0 Å². The number of hydrogen-bond donors (Lipinski definition) is 2. The van der Waals surface area contributed by atoms with E-state index in [0.29, 0.717) is 18.4 Å². The van der Waals surface area contributed by atoms with Gasteiger partial charge in [-0.1, -0.05) is 34.9 Å². The Balaban J connectivity index is 4.32.